The van der Waals surface area contributed by atoms with E-state index in [2.05, 4.69) is 32.4 Å². The fourth-order valence-electron chi connectivity index (χ4n) is 3.84. The molecule has 0 saturated heterocycles. The van der Waals surface area contributed by atoms with Crippen molar-refractivity contribution in [1.29, 1.82) is 0 Å². The van der Waals surface area contributed by atoms with Crippen LogP contribution in [0.4, 0.5) is 11.5 Å². The van der Waals surface area contributed by atoms with Crippen LogP contribution < -0.4 is 26.8 Å². The van der Waals surface area contributed by atoms with Crippen LogP contribution in [-0.2, 0) is 4.74 Å². The summed E-state index contributed by atoms with van der Waals surface area (Å²) in [6.07, 6.45) is 5.39. The zero-order chi connectivity index (χ0) is 26.7. The fourth-order valence-corrected chi connectivity index (χ4v) is 3.84. The molecule has 0 aliphatic heterocycles. The van der Waals surface area contributed by atoms with Crippen LogP contribution in [0, 0.1) is 18.8 Å². The number of carbonyl (C=O) groups is 1. The number of rotatable bonds is 11. The van der Waals surface area contributed by atoms with Gasteiger partial charge >= 0.3 is 0 Å². The number of amides is 1. The molecule has 2 aromatic carbocycles. The summed E-state index contributed by atoms with van der Waals surface area (Å²) in [5.74, 6) is 6.80. The number of carbonyl (C=O) groups excluding carboxylic acids is 1. The Bertz CT molecular complexity index is 1440. The van der Waals surface area contributed by atoms with Crippen LogP contribution in [0.5, 0.6) is 5.75 Å². The number of aromatic nitrogens is 3. The van der Waals surface area contributed by atoms with Crippen molar-refractivity contribution in [1.82, 2.24) is 19.7 Å². The lowest BCUT2D eigenvalue weighted by molar-refractivity contribution is 0.0919. The van der Waals surface area contributed by atoms with Crippen LogP contribution >= 0.6 is 0 Å². The summed E-state index contributed by atoms with van der Waals surface area (Å²) in [7, 11) is 0. The largest absolute Gasteiger partial charge is 0.481 e. The van der Waals surface area contributed by atoms with E-state index in [1.807, 2.05) is 53.9 Å². The Morgan fingerprint density at radius 3 is 2.68 bits per heavy atom. The molecular weight excluding hydrogens is 482 g/mol. The number of hydrogen-bond acceptors (Lipinski definition) is 8. The van der Waals surface area contributed by atoms with Gasteiger partial charge in [-0.15, -0.1) is 0 Å². The molecule has 2 heterocycles. The zero-order valence-electron chi connectivity index (χ0n) is 21.2. The third kappa shape index (κ3) is 6.66. The Labute approximate surface area is 221 Å². The number of nitrogens with one attached hydrogen (secondary N) is 2. The number of nitrogens with zero attached hydrogens (tertiary/aromatic N) is 3. The first-order chi connectivity index (χ1) is 18.6. The highest BCUT2D eigenvalue weighted by Gasteiger charge is 2.13. The molecule has 0 unspecified atom stereocenters. The second-order valence-electron chi connectivity index (χ2n) is 8.30. The summed E-state index contributed by atoms with van der Waals surface area (Å²) >= 11 is 0. The highest BCUT2D eigenvalue weighted by atomic mass is 16.5. The van der Waals surface area contributed by atoms with E-state index in [0.717, 1.165) is 28.3 Å². The maximum absolute atomic E-state index is 12.5. The van der Waals surface area contributed by atoms with Gasteiger partial charge < -0.3 is 31.6 Å². The molecule has 10 nitrogen and oxygen atoms in total. The lowest BCUT2D eigenvalue weighted by Crippen LogP contribution is -2.28. The molecule has 4 aromatic rings. The van der Waals surface area contributed by atoms with Gasteiger partial charge in [0.25, 0.3) is 5.91 Å². The fraction of sp³-hybridized carbons (Fsp3) is 0.250. The standard InChI is InChI=1S/C28H31N7O3/c1-20-18-22(6-9-24(20)28(36)32-13-17-37-16-11-30)34-26-27-33-19-25(35(27)14-12-31-26)21-4-7-23(8-5-21)38-15-3-2-10-29/h4-9,12,14,18-19H,10-11,13,15-17,29-30H2,1H3,(H,31,34)(H,32,36). The molecule has 10 heteroatoms. The number of benzene rings is 2. The second kappa shape index (κ2) is 13.2. The summed E-state index contributed by atoms with van der Waals surface area (Å²) in [6, 6.07) is 13.3. The van der Waals surface area contributed by atoms with Gasteiger partial charge in [0.1, 0.15) is 12.4 Å². The van der Waals surface area contributed by atoms with Crippen molar-refractivity contribution in [3.63, 3.8) is 0 Å². The van der Waals surface area contributed by atoms with Gasteiger partial charge in [-0.25, -0.2) is 9.97 Å². The smallest absolute Gasteiger partial charge is 0.251 e. The van der Waals surface area contributed by atoms with Crippen molar-refractivity contribution in [3.8, 4) is 28.8 Å². The second-order valence-corrected chi connectivity index (χ2v) is 8.30. The zero-order valence-corrected chi connectivity index (χ0v) is 21.2. The number of nitrogens with two attached hydrogens (primary N) is 2. The molecule has 0 aliphatic rings. The van der Waals surface area contributed by atoms with Crippen LogP contribution in [0.25, 0.3) is 16.9 Å². The van der Waals surface area contributed by atoms with Crippen LogP contribution in [0.3, 0.4) is 0 Å². The van der Waals surface area contributed by atoms with E-state index in [1.54, 1.807) is 18.5 Å². The molecule has 0 spiro atoms. The lowest BCUT2D eigenvalue weighted by atomic mass is 10.1. The van der Waals surface area contributed by atoms with E-state index in [0.29, 0.717) is 56.5 Å². The van der Waals surface area contributed by atoms with Gasteiger partial charge in [0.2, 0.25) is 0 Å². The monoisotopic (exact) mass is 513 g/mol. The van der Waals surface area contributed by atoms with E-state index in [9.17, 15) is 4.79 Å². The topological polar surface area (TPSA) is 142 Å². The van der Waals surface area contributed by atoms with Crippen LogP contribution in [0.15, 0.2) is 61.1 Å². The molecule has 0 atom stereocenters. The highest BCUT2D eigenvalue weighted by molar-refractivity contribution is 5.96. The lowest BCUT2D eigenvalue weighted by Gasteiger charge is -2.12. The minimum atomic E-state index is -0.150. The first-order valence-corrected chi connectivity index (χ1v) is 12.3. The van der Waals surface area contributed by atoms with Gasteiger partial charge in [-0.05, 0) is 55.0 Å². The molecule has 2 aromatic heterocycles. The molecule has 0 bridgehead atoms. The Hall–Kier alpha value is -4.43. The number of ether oxygens (including phenoxy) is 2. The molecule has 0 aliphatic carbocycles. The average molecular weight is 514 g/mol. The van der Waals surface area contributed by atoms with Crippen molar-refractivity contribution in [2.45, 2.75) is 6.92 Å². The van der Waals surface area contributed by atoms with E-state index in [1.165, 1.54) is 0 Å². The molecule has 0 saturated carbocycles. The average Bonchev–Trinajstić information content (AvgIpc) is 3.37. The van der Waals surface area contributed by atoms with Crippen LogP contribution in [-0.4, -0.2) is 59.7 Å². The molecule has 6 N–H and O–H groups in total. The minimum absolute atomic E-state index is 0.150. The number of fused-ring (bicyclic) bond motifs is 1. The first kappa shape index (κ1) is 26.6. The molecule has 4 rings (SSSR count). The van der Waals surface area contributed by atoms with E-state index in [4.69, 9.17) is 20.9 Å². The van der Waals surface area contributed by atoms with Crippen molar-refractivity contribution in [3.05, 3.63) is 72.2 Å². The van der Waals surface area contributed by atoms with Gasteiger partial charge in [0.05, 0.1) is 31.6 Å². The first-order valence-electron chi connectivity index (χ1n) is 12.3. The Morgan fingerprint density at radius 1 is 1.08 bits per heavy atom. The molecule has 0 fully saturated rings. The Morgan fingerprint density at radius 2 is 1.92 bits per heavy atom. The van der Waals surface area contributed by atoms with Crippen molar-refractivity contribution >= 4 is 23.1 Å². The number of anilines is 2. The molecular formula is C28H31N7O3. The quantitative estimate of drug-likeness (QED) is 0.177. The van der Waals surface area contributed by atoms with Crippen LogP contribution in [0.2, 0.25) is 0 Å². The normalized spacial score (nSPS) is 10.6. The van der Waals surface area contributed by atoms with Gasteiger partial charge in [0, 0.05) is 42.3 Å². The van der Waals surface area contributed by atoms with E-state index < -0.39 is 0 Å². The highest BCUT2D eigenvalue weighted by Crippen LogP contribution is 2.27. The van der Waals surface area contributed by atoms with Gasteiger partial charge in [-0.2, -0.15) is 0 Å². The third-order valence-electron chi connectivity index (χ3n) is 5.64. The molecule has 1 amide bonds. The van der Waals surface area contributed by atoms with E-state index in [-0.39, 0.29) is 5.91 Å². The summed E-state index contributed by atoms with van der Waals surface area (Å²) in [5.41, 5.74) is 15.6. The van der Waals surface area contributed by atoms with E-state index >= 15 is 0 Å². The summed E-state index contributed by atoms with van der Waals surface area (Å²) < 4.78 is 12.9. The number of aryl methyl sites for hydroxylation is 1. The van der Waals surface area contributed by atoms with Gasteiger partial charge in [-0.3, -0.25) is 9.20 Å². The maximum Gasteiger partial charge on any atom is 0.251 e. The predicted octanol–water partition coefficient (Wildman–Crippen LogP) is 2.49. The number of imidazole rings is 1. The SMILES string of the molecule is Cc1cc(Nc2nccn3c(-c4ccc(OCC#CCN)cc4)cnc23)ccc1C(=O)NCCOCCN. The molecule has 196 valence electrons. The molecule has 0 radical (unpaired) electrons. The number of hydrogen-bond donors (Lipinski definition) is 4. The van der Waals surface area contributed by atoms with Crippen molar-refractivity contribution in [2.24, 2.45) is 11.5 Å². The third-order valence-corrected chi connectivity index (χ3v) is 5.64. The van der Waals surface area contributed by atoms with Crippen LogP contribution in [0.1, 0.15) is 15.9 Å². The van der Waals surface area contributed by atoms with Crippen molar-refractivity contribution in [2.75, 3.05) is 44.8 Å². The summed E-state index contributed by atoms with van der Waals surface area (Å²) in [4.78, 5) is 21.6. The van der Waals surface area contributed by atoms with Gasteiger partial charge in [-0.1, -0.05) is 11.8 Å². The predicted molar refractivity (Wildman–Crippen MR) is 147 cm³/mol. The maximum atomic E-state index is 12.5. The summed E-state index contributed by atoms with van der Waals surface area (Å²) in [5, 5.41) is 6.19. The van der Waals surface area contributed by atoms with Gasteiger partial charge in [0.15, 0.2) is 11.5 Å². The molecule has 38 heavy (non-hydrogen) atoms. The minimum Gasteiger partial charge on any atom is -0.481 e. The Kier molecular flexibility index (Phi) is 9.26. The summed E-state index contributed by atoms with van der Waals surface area (Å²) in [6.45, 7) is 4.28. The van der Waals surface area contributed by atoms with Crippen molar-refractivity contribution < 1.29 is 14.3 Å². The Balaban J connectivity index is 1.45.